The summed E-state index contributed by atoms with van der Waals surface area (Å²) in [7, 11) is 0. The molecular formula is C23H26N2O4. The molecule has 6 heteroatoms. The molecule has 2 aromatic rings. The number of para-hydroxylation sites is 1. The van der Waals surface area contributed by atoms with Crippen LogP contribution in [0.5, 0.6) is 11.5 Å². The first-order chi connectivity index (χ1) is 14.1. The molecule has 0 saturated carbocycles. The van der Waals surface area contributed by atoms with Gasteiger partial charge in [-0.2, -0.15) is 0 Å². The number of morpholine rings is 1. The van der Waals surface area contributed by atoms with Gasteiger partial charge in [-0.3, -0.25) is 9.69 Å². The number of hydrogen-bond donors (Lipinski definition) is 1. The molecule has 0 bridgehead atoms. The van der Waals surface area contributed by atoms with Crippen molar-refractivity contribution < 1.29 is 19.0 Å². The van der Waals surface area contributed by atoms with E-state index in [1.165, 1.54) is 6.08 Å². The van der Waals surface area contributed by atoms with Gasteiger partial charge in [0, 0.05) is 31.4 Å². The van der Waals surface area contributed by atoms with E-state index < -0.39 is 0 Å². The van der Waals surface area contributed by atoms with Crippen molar-refractivity contribution in [1.82, 2.24) is 4.90 Å². The second kappa shape index (κ2) is 8.68. The van der Waals surface area contributed by atoms with Crippen molar-refractivity contribution in [3.8, 4) is 11.5 Å². The molecule has 2 atom stereocenters. The standard InChI is InChI=1S/C23H26N2O4/c1-16-12-25(13-17(2)29-16)14-19-5-3-4-6-20(19)24-23(26)10-8-18-7-9-21-22(11-18)28-15-27-21/h3-11,16-17H,12-15H2,1-2H3,(H,24,26). The van der Waals surface area contributed by atoms with Crippen LogP contribution in [0.15, 0.2) is 48.5 Å². The zero-order valence-corrected chi connectivity index (χ0v) is 16.8. The Morgan fingerprint density at radius 1 is 1.10 bits per heavy atom. The number of nitrogens with one attached hydrogen (secondary N) is 1. The fraction of sp³-hybridized carbons (Fsp3) is 0.348. The van der Waals surface area contributed by atoms with Gasteiger partial charge in [0.1, 0.15) is 0 Å². The Kier molecular flexibility index (Phi) is 5.83. The van der Waals surface area contributed by atoms with E-state index in [1.54, 1.807) is 6.08 Å². The first-order valence-electron chi connectivity index (χ1n) is 9.91. The Balaban J connectivity index is 1.40. The second-order valence-corrected chi connectivity index (χ2v) is 7.54. The Morgan fingerprint density at radius 3 is 2.69 bits per heavy atom. The summed E-state index contributed by atoms with van der Waals surface area (Å²) in [6.07, 6.45) is 3.73. The molecular weight excluding hydrogens is 368 g/mol. The highest BCUT2D eigenvalue weighted by Crippen LogP contribution is 2.32. The van der Waals surface area contributed by atoms with Crippen LogP contribution in [-0.2, 0) is 16.1 Å². The molecule has 1 amide bonds. The van der Waals surface area contributed by atoms with Gasteiger partial charge in [-0.1, -0.05) is 24.3 Å². The highest BCUT2D eigenvalue weighted by Gasteiger charge is 2.22. The minimum Gasteiger partial charge on any atom is -0.454 e. The van der Waals surface area contributed by atoms with Crippen molar-refractivity contribution in [2.24, 2.45) is 0 Å². The van der Waals surface area contributed by atoms with Crippen LogP contribution in [0.25, 0.3) is 6.08 Å². The maximum absolute atomic E-state index is 12.5. The number of ether oxygens (including phenoxy) is 3. The number of hydrogen-bond acceptors (Lipinski definition) is 5. The Hall–Kier alpha value is -2.83. The third kappa shape index (κ3) is 4.96. The molecule has 2 aliphatic heterocycles. The number of carbonyl (C=O) groups is 1. The predicted molar refractivity (Wildman–Crippen MR) is 112 cm³/mol. The van der Waals surface area contributed by atoms with Crippen molar-refractivity contribution in [2.45, 2.75) is 32.6 Å². The van der Waals surface area contributed by atoms with Gasteiger partial charge in [-0.15, -0.1) is 0 Å². The van der Waals surface area contributed by atoms with Crippen molar-refractivity contribution in [3.05, 3.63) is 59.7 Å². The highest BCUT2D eigenvalue weighted by atomic mass is 16.7. The Labute approximate surface area is 171 Å². The van der Waals surface area contributed by atoms with Gasteiger partial charge >= 0.3 is 0 Å². The van der Waals surface area contributed by atoms with Crippen LogP contribution >= 0.6 is 0 Å². The first kappa shape index (κ1) is 19.5. The van der Waals surface area contributed by atoms with E-state index in [4.69, 9.17) is 14.2 Å². The largest absolute Gasteiger partial charge is 0.454 e. The summed E-state index contributed by atoms with van der Waals surface area (Å²) < 4.78 is 16.5. The lowest BCUT2D eigenvalue weighted by Crippen LogP contribution is -2.44. The third-order valence-corrected chi connectivity index (χ3v) is 4.99. The zero-order valence-electron chi connectivity index (χ0n) is 16.8. The van der Waals surface area contributed by atoms with Gasteiger partial charge in [0.05, 0.1) is 12.2 Å². The van der Waals surface area contributed by atoms with Crippen LogP contribution in [0.2, 0.25) is 0 Å². The third-order valence-electron chi connectivity index (χ3n) is 4.99. The zero-order chi connectivity index (χ0) is 20.2. The topological polar surface area (TPSA) is 60.0 Å². The van der Waals surface area contributed by atoms with Gasteiger partial charge < -0.3 is 19.5 Å². The van der Waals surface area contributed by atoms with Crippen molar-refractivity contribution in [2.75, 3.05) is 25.2 Å². The number of anilines is 1. The van der Waals surface area contributed by atoms with Gasteiger partial charge in [-0.25, -0.2) is 0 Å². The molecule has 1 fully saturated rings. The molecule has 152 valence electrons. The van der Waals surface area contributed by atoms with E-state index in [9.17, 15) is 4.79 Å². The summed E-state index contributed by atoms with van der Waals surface area (Å²) in [6.45, 7) is 6.97. The van der Waals surface area contributed by atoms with Crippen LogP contribution in [0.1, 0.15) is 25.0 Å². The van der Waals surface area contributed by atoms with Crippen LogP contribution in [-0.4, -0.2) is 42.9 Å². The molecule has 0 aromatic heterocycles. The second-order valence-electron chi connectivity index (χ2n) is 7.54. The van der Waals surface area contributed by atoms with E-state index in [-0.39, 0.29) is 24.9 Å². The summed E-state index contributed by atoms with van der Waals surface area (Å²) in [5.41, 5.74) is 2.81. The first-order valence-corrected chi connectivity index (χ1v) is 9.91. The average Bonchev–Trinajstić information content (AvgIpc) is 3.15. The maximum atomic E-state index is 12.5. The van der Waals surface area contributed by atoms with Gasteiger partial charge in [0.15, 0.2) is 11.5 Å². The maximum Gasteiger partial charge on any atom is 0.248 e. The summed E-state index contributed by atoms with van der Waals surface area (Å²) >= 11 is 0. The van der Waals surface area contributed by atoms with E-state index in [0.717, 1.165) is 42.2 Å². The van der Waals surface area contributed by atoms with Gasteiger partial charge in [0.25, 0.3) is 0 Å². The van der Waals surface area contributed by atoms with Gasteiger partial charge in [0.2, 0.25) is 12.7 Å². The number of benzene rings is 2. The molecule has 2 aromatic carbocycles. The molecule has 2 heterocycles. The van der Waals surface area contributed by atoms with Crippen LogP contribution in [0.4, 0.5) is 5.69 Å². The van der Waals surface area contributed by atoms with Crippen molar-refractivity contribution >= 4 is 17.7 Å². The van der Waals surface area contributed by atoms with E-state index in [0.29, 0.717) is 5.75 Å². The lowest BCUT2D eigenvalue weighted by atomic mass is 10.1. The molecule has 1 saturated heterocycles. The van der Waals surface area contributed by atoms with E-state index >= 15 is 0 Å². The summed E-state index contributed by atoms with van der Waals surface area (Å²) in [5, 5.41) is 3.01. The fourth-order valence-electron chi connectivity index (χ4n) is 3.80. The van der Waals surface area contributed by atoms with E-state index in [1.807, 2.05) is 36.4 Å². The number of fused-ring (bicyclic) bond motifs is 1. The Morgan fingerprint density at radius 2 is 1.86 bits per heavy atom. The fourth-order valence-corrected chi connectivity index (χ4v) is 3.80. The lowest BCUT2D eigenvalue weighted by molar-refractivity contribution is -0.111. The molecule has 29 heavy (non-hydrogen) atoms. The number of amides is 1. The highest BCUT2D eigenvalue weighted by molar-refractivity contribution is 6.02. The minimum atomic E-state index is -0.168. The summed E-state index contributed by atoms with van der Waals surface area (Å²) in [6, 6.07) is 13.5. The lowest BCUT2D eigenvalue weighted by Gasteiger charge is -2.35. The van der Waals surface area contributed by atoms with Crippen LogP contribution in [0.3, 0.4) is 0 Å². The molecule has 4 rings (SSSR count). The van der Waals surface area contributed by atoms with Crippen LogP contribution in [0, 0.1) is 0 Å². The molecule has 0 aliphatic carbocycles. The molecule has 0 spiro atoms. The Bertz CT molecular complexity index is 902. The molecule has 0 radical (unpaired) electrons. The SMILES string of the molecule is CC1CN(Cc2ccccc2NC(=O)C=Cc2ccc3c(c2)OCO3)CC(C)O1. The molecule has 2 aliphatic rings. The average molecular weight is 394 g/mol. The van der Waals surface area contributed by atoms with Crippen molar-refractivity contribution in [1.29, 1.82) is 0 Å². The molecule has 6 nitrogen and oxygen atoms in total. The molecule has 2 unspecified atom stereocenters. The van der Waals surface area contributed by atoms with Gasteiger partial charge in [-0.05, 0) is 49.2 Å². The smallest absolute Gasteiger partial charge is 0.248 e. The van der Waals surface area contributed by atoms with Crippen molar-refractivity contribution in [3.63, 3.8) is 0 Å². The number of carbonyl (C=O) groups excluding carboxylic acids is 1. The van der Waals surface area contributed by atoms with E-state index in [2.05, 4.69) is 30.1 Å². The summed E-state index contributed by atoms with van der Waals surface area (Å²) in [4.78, 5) is 14.8. The number of rotatable bonds is 5. The molecule has 1 N–H and O–H groups in total. The monoisotopic (exact) mass is 394 g/mol. The van der Waals surface area contributed by atoms with Crippen LogP contribution < -0.4 is 14.8 Å². The minimum absolute atomic E-state index is 0.168. The normalized spacial score (nSPS) is 21.4. The predicted octanol–water partition coefficient (Wildman–Crippen LogP) is 3.68. The quantitative estimate of drug-likeness (QED) is 0.784. The number of nitrogens with zero attached hydrogens (tertiary/aromatic N) is 1. The summed E-state index contributed by atoms with van der Waals surface area (Å²) in [5.74, 6) is 1.26.